The van der Waals surface area contributed by atoms with E-state index in [9.17, 15) is 18.0 Å². The smallest absolute Gasteiger partial charge is 0.333 e. The summed E-state index contributed by atoms with van der Waals surface area (Å²) in [6.07, 6.45) is 12.2. The van der Waals surface area contributed by atoms with Crippen molar-refractivity contribution in [3.05, 3.63) is 58.1 Å². The van der Waals surface area contributed by atoms with Crippen molar-refractivity contribution in [2.45, 2.75) is 115 Å². The van der Waals surface area contributed by atoms with Crippen molar-refractivity contribution in [2.24, 2.45) is 17.8 Å². The quantitative estimate of drug-likeness (QED) is 0.277. The van der Waals surface area contributed by atoms with Crippen LogP contribution in [-0.4, -0.2) is 32.6 Å². The summed E-state index contributed by atoms with van der Waals surface area (Å²) >= 11 is 0. The molecule has 3 unspecified atom stereocenters. The summed E-state index contributed by atoms with van der Waals surface area (Å²) < 4.78 is 28.2. The van der Waals surface area contributed by atoms with Crippen molar-refractivity contribution in [2.75, 3.05) is 11.9 Å². The van der Waals surface area contributed by atoms with Crippen LogP contribution in [-0.2, 0) is 42.1 Å². The van der Waals surface area contributed by atoms with E-state index in [0.29, 0.717) is 30.7 Å². The molecule has 2 aromatic carbocycles. The van der Waals surface area contributed by atoms with Gasteiger partial charge in [-0.1, -0.05) is 45.9 Å². The monoisotopic (exact) mass is 622 g/mol. The minimum Gasteiger partial charge on any atom is -0.338 e. The molecule has 4 N–H and O–H groups in total. The van der Waals surface area contributed by atoms with Crippen molar-refractivity contribution in [1.82, 2.24) is 15.4 Å². The third kappa shape index (κ3) is 7.24. The summed E-state index contributed by atoms with van der Waals surface area (Å²) in [5.74, 6) is 1.96. The number of nitrogens with one attached hydrogen (secondary N) is 4. The number of sulfonamides is 1. The zero-order valence-electron chi connectivity index (χ0n) is 26.9. The van der Waals surface area contributed by atoms with Crippen molar-refractivity contribution in [3.8, 4) is 0 Å². The van der Waals surface area contributed by atoms with Gasteiger partial charge in [-0.05, 0) is 135 Å². The van der Waals surface area contributed by atoms with Gasteiger partial charge >= 0.3 is 12.1 Å². The predicted molar refractivity (Wildman–Crippen MR) is 175 cm³/mol. The lowest BCUT2D eigenvalue weighted by molar-refractivity contribution is 0.0625. The van der Waals surface area contributed by atoms with E-state index in [0.717, 1.165) is 80.2 Å². The molecule has 2 fully saturated rings. The van der Waals surface area contributed by atoms with E-state index in [4.69, 9.17) is 0 Å². The van der Waals surface area contributed by atoms with Crippen LogP contribution in [0.3, 0.4) is 0 Å². The van der Waals surface area contributed by atoms with E-state index in [1.807, 2.05) is 13.8 Å². The Morgan fingerprint density at radius 1 is 0.841 bits per heavy atom. The molecule has 240 valence electrons. The summed E-state index contributed by atoms with van der Waals surface area (Å²) in [7, 11) is -4.03. The van der Waals surface area contributed by atoms with Crippen LogP contribution in [0, 0.1) is 17.8 Å². The lowest BCUT2D eigenvalue weighted by Gasteiger charge is -2.50. The molecule has 0 aliphatic heterocycles. The number of urea groups is 2. The van der Waals surface area contributed by atoms with Gasteiger partial charge < -0.3 is 16.0 Å². The highest BCUT2D eigenvalue weighted by atomic mass is 32.2. The average molecular weight is 623 g/mol. The van der Waals surface area contributed by atoms with Gasteiger partial charge in [-0.2, -0.15) is 0 Å². The molecule has 0 radical (unpaired) electrons. The lowest BCUT2D eigenvalue weighted by atomic mass is 9.61. The predicted octanol–water partition coefficient (Wildman–Crippen LogP) is 6.65. The number of aryl methyl sites for hydroxylation is 2. The highest BCUT2D eigenvalue weighted by Gasteiger charge is 2.45. The Hall–Kier alpha value is -3.07. The SMILES string of the molecule is CC.CC1CC2C[C@@H](C)CC(NC(=O)NCCc3ccc(S(=O)(=O)NC(=O)Nc4c5c(cc6c4CCC6)CCC5)cc3)(C1)C2. The van der Waals surface area contributed by atoms with E-state index in [-0.39, 0.29) is 16.5 Å². The van der Waals surface area contributed by atoms with Crippen LogP contribution in [0.15, 0.2) is 35.2 Å². The average Bonchev–Trinajstić information content (AvgIpc) is 3.63. The number of amides is 4. The molecule has 6 rings (SSSR count). The van der Waals surface area contributed by atoms with Gasteiger partial charge in [0.1, 0.15) is 0 Å². The molecule has 4 aliphatic carbocycles. The number of anilines is 1. The lowest BCUT2D eigenvalue weighted by Crippen LogP contribution is -2.58. The van der Waals surface area contributed by atoms with Gasteiger partial charge in [-0.25, -0.2) is 22.7 Å². The van der Waals surface area contributed by atoms with Crippen LogP contribution in [0.4, 0.5) is 15.3 Å². The topological polar surface area (TPSA) is 116 Å². The van der Waals surface area contributed by atoms with Gasteiger partial charge in [0.15, 0.2) is 0 Å². The molecule has 0 saturated heterocycles. The molecular formula is C35H50N4O4S. The van der Waals surface area contributed by atoms with Crippen molar-refractivity contribution in [3.63, 3.8) is 0 Å². The Bertz CT molecular complexity index is 1420. The number of rotatable bonds is 7. The van der Waals surface area contributed by atoms with E-state index in [1.165, 1.54) is 36.1 Å². The molecule has 8 nitrogen and oxygen atoms in total. The van der Waals surface area contributed by atoms with Crippen LogP contribution in [0.1, 0.15) is 100 Å². The molecule has 4 aliphatic rings. The first-order valence-corrected chi connectivity index (χ1v) is 18.2. The Balaban J connectivity index is 0.00000188. The number of carbonyl (C=O) groups excluding carboxylic acids is 2. The van der Waals surface area contributed by atoms with Crippen LogP contribution >= 0.6 is 0 Å². The van der Waals surface area contributed by atoms with Gasteiger partial charge in [-0.15, -0.1) is 0 Å². The molecule has 2 bridgehead atoms. The van der Waals surface area contributed by atoms with Gasteiger partial charge in [0.05, 0.1) is 4.90 Å². The van der Waals surface area contributed by atoms with E-state index in [1.54, 1.807) is 12.1 Å². The summed E-state index contributed by atoms with van der Waals surface area (Å²) in [5.41, 5.74) is 6.48. The minimum atomic E-state index is -4.03. The van der Waals surface area contributed by atoms with Gasteiger partial charge in [0.25, 0.3) is 10.0 Å². The largest absolute Gasteiger partial charge is 0.338 e. The Kier molecular flexibility index (Phi) is 9.93. The Morgan fingerprint density at radius 3 is 2.02 bits per heavy atom. The molecular weight excluding hydrogens is 572 g/mol. The number of carbonyl (C=O) groups is 2. The molecule has 9 heteroatoms. The highest BCUT2D eigenvalue weighted by molar-refractivity contribution is 7.90. The van der Waals surface area contributed by atoms with Crippen LogP contribution in [0.2, 0.25) is 0 Å². The molecule has 44 heavy (non-hydrogen) atoms. The van der Waals surface area contributed by atoms with Crippen molar-refractivity contribution < 1.29 is 18.0 Å². The first kappa shape index (κ1) is 32.3. The molecule has 4 atom stereocenters. The normalized spacial score (nSPS) is 25.1. The fourth-order valence-electron chi connectivity index (χ4n) is 8.59. The second kappa shape index (κ2) is 13.5. The summed E-state index contributed by atoms with van der Waals surface area (Å²) in [5, 5.41) is 9.22. The highest BCUT2D eigenvalue weighted by Crippen LogP contribution is 2.47. The first-order valence-electron chi connectivity index (χ1n) is 16.7. The zero-order chi connectivity index (χ0) is 31.5. The molecule has 0 heterocycles. The molecule has 4 amide bonds. The van der Waals surface area contributed by atoms with Gasteiger partial charge in [0, 0.05) is 17.8 Å². The van der Waals surface area contributed by atoms with E-state index < -0.39 is 16.1 Å². The maximum atomic E-state index is 13.0. The van der Waals surface area contributed by atoms with E-state index >= 15 is 0 Å². The molecule has 0 spiro atoms. The van der Waals surface area contributed by atoms with Crippen molar-refractivity contribution in [1.29, 1.82) is 0 Å². The fraction of sp³-hybridized carbons (Fsp3) is 0.600. The fourth-order valence-corrected chi connectivity index (χ4v) is 9.49. The maximum absolute atomic E-state index is 13.0. The van der Waals surface area contributed by atoms with Crippen LogP contribution in [0.25, 0.3) is 0 Å². The minimum absolute atomic E-state index is 0.0297. The molecule has 2 aromatic rings. The number of hydrogen-bond donors (Lipinski definition) is 4. The molecule has 0 aromatic heterocycles. The van der Waals surface area contributed by atoms with Gasteiger partial charge in [0.2, 0.25) is 0 Å². The second-order valence-electron chi connectivity index (χ2n) is 13.5. The number of benzene rings is 2. The number of fused-ring (bicyclic) bond motifs is 4. The summed E-state index contributed by atoms with van der Waals surface area (Å²) in [4.78, 5) is 25.7. The van der Waals surface area contributed by atoms with E-state index in [2.05, 4.69) is 40.6 Å². The van der Waals surface area contributed by atoms with Gasteiger partial charge in [-0.3, -0.25) is 0 Å². The Morgan fingerprint density at radius 2 is 1.43 bits per heavy atom. The summed E-state index contributed by atoms with van der Waals surface area (Å²) in [6, 6.07) is 7.91. The third-order valence-electron chi connectivity index (χ3n) is 9.88. The number of hydrogen-bond acceptors (Lipinski definition) is 4. The third-order valence-corrected chi connectivity index (χ3v) is 11.2. The summed E-state index contributed by atoms with van der Waals surface area (Å²) in [6.45, 7) is 9.04. The van der Waals surface area contributed by atoms with Crippen LogP contribution in [0.5, 0.6) is 0 Å². The first-order chi connectivity index (χ1) is 21.1. The molecule has 2 saturated carbocycles. The van der Waals surface area contributed by atoms with Crippen LogP contribution < -0.4 is 20.7 Å². The zero-order valence-corrected chi connectivity index (χ0v) is 27.7. The Labute approximate surface area is 263 Å². The second-order valence-corrected chi connectivity index (χ2v) is 15.2. The van der Waals surface area contributed by atoms with Crippen molar-refractivity contribution >= 4 is 27.8 Å². The standard InChI is InChI=1S/C33H44N4O4S.C2H6/c1-21-15-24-16-22(2)19-33(18-21,20-24)36-31(38)34-14-13-23-9-11-27(12-10-23)42(40,41)37-32(39)35-30-28-7-3-5-25(28)17-26-6-4-8-29(26)30;1-2/h9-12,17,21-22,24H,3-8,13-16,18-20H2,1-2H3,(H2,34,36,38)(H2,35,37,39);1-2H3/t21-,22?,24?,33?;/m1./s1. The maximum Gasteiger partial charge on any atom is 0.333 e.